The van der Waals surface area contributed by atoms with Crippen LogP contribution in [0.15, 0.2) is 30.5 Å². The predicted octanol–water partition coefficient (Wildman–Crippen LogP) is 5.37. The van der Waals surface area contributed by atoms with Crippen LogP contribution in [0.1, 0.15) is 75.2 Å². The fourth-order valence-corrected chi connectivity index (χ4v) is 5.66. The first-order valence-corrected chi connectivity index (χ1v) is 14.9. The molecule has 1 aliphatic heterocycles. The van der Waals surface area contributed by atoms with E-state index in [1.807, 2.05) is 33.2 Å². The summed E-state index contributed by atoms with van der Waals surface area (Å²) in [6.07, 6.45) is 9.80. The Morgan fingerprint density at radius 1 is 1.12 bits per heavy atom. The number of aromatic nitrogens is 3. The third-order valence-electron chi connectivity index (χ3n) is 7.83. The largest absolute Gasteiger partial charge is 0.476 e. The van der Waals surface area contributed by atoms with Gasteiger partial charge in [-0.2, -0.15) is 0 Å². The highest BCUT2D eigenvalue weighted by Crippen LogP contribution is 2.37. The molecule has 228 valence electrons. The Morgan fingerprint density at radius 2 is 1.86 bits per heavy atom. The molecule has 0 atom stereocenters. The van der Waals surface area contributed by atoms with Crippen LogP contribution in [0.3, 0.4) is 0 Å². The van der Waals surface area contributed by atoms with Crippen LogP contribution in [0.4, 0.5) is 14.7 Å². The Hall–Kier alpha value is -3.60. The third kappa shape index (κ3) is 8.24. The second kappa shape index (κ2) is 15.0. The van der Waals surface area contributed by atoms with E-state index in [9.17, 15) is 18.4 Å². The number of piperidine rings is 1. The summed E-state index contributed by atoms with van der Waals surface area (Å²) >= 11 is 0. The Balaban J connectivity index is 0.000000343. The minimum absolute atomic E-state index is 0.108. The fraction of sp³-hybridized carbons (Fsp3) is 0.548. The van der Waals surface area contributed by atoms with Gasteiger partial charge >= 0.3 is 0 Å². The molecule has 1 aliphatic carbocycles. The average Bonchev–Trinajstić information content (AvgIpc) is 3.36. The third-order valence-corrected chi connectivity index (χ3v) is 7.83. The quantitative estimate of drug-likeness (QED) is 0.326. The number of hydrogen-bond donors (Lipinski definition) is 2. The number of ether oxygens (including phenoxy) is 1. The van der Waals surface area contributed by atoms with Crippen LogP contribution >= 0.6 is 0 Å². The van der Waals surface area contributed by atoms with Crippen LogP contribution in [-0.4, -0.2) is 71.0 Å². The summed E-state index contributed by atoms with van der Waals surface area (Å²) in [5.41, 5.74) is 1.80. The molecule has 2 aliphatic rings. The van der Waals surface area contributed by atoms with Crippen molar-refractivity contribution < 1.29 is 23.1 Å². The number of nitrogens with zero attached hydrogens (tertiary/aromatic N) is 4. The average molecular weight is 585 g/mol. The SMILES string of the molecule is CNc1nc2cnc(OCCN3CCCCC3)cc2n1C1CCC(C(=O)NC(C)C)CC1.O=Cc1ccc(F)cc1F. The molecule has 1 saturated carbocycles. The highest BCUT2D eigenvalue weighted by atomic mass is 19.1. The molecule has 3 aromatic rings. The van der Waals surface area contributed by atoms with Gasteiger partial charge in [-0.1, -0.05) is 6.42 Å². The lowest BCUT2D eigenvalue weighted by atomic mass is 9.85. The summed E-state index contributed by atoms with van der Waals surface area (Å²) < 4.78 is 32.8. The zero-order chi connectivity index (χ0) is 30.1. The number of halogens is 2. The fourth-order valence-electron chi connectivity index (χ4n) is 5.66. The molecule has 1 saturated heterocycles. The Kier molecular flexibility index (Phi) is 11.2. The van der Waals surface area contributed by atoms with Gasteiger partial charge in [0.15, 0.2) is 6.29 Å². The molecular formula is C31H42F2N6O3. The monoisotopic (exact) mass is 584 g/mol. The highest BCUT2D eigenvalue weighted by molar-refractivity contribution is 5.80. The lowest BCUT2D eigenvalue weighted by molar-refractivity contribution is -0.126. The molecule has 1 amide bonds. The molecule has 1 aromatic carbocycles. The maximum atomic E-state index is 12.4. The van der Waals surface area contributed by atoms with Gasteiger partial charge in [0.25, 0.3) is 0 Å². The summed E-state index contributed by atoms with van der Waals surface area (Å²) in [5, 5.41) is 6.31. The number of aldehydes is 1. The van der Waals surface area contributed by atoms with Crippen molar-refractivity contribution in [1.82, 2.24) is 24.8 Å². The van der Waals surface area contributed by atoms with E-state index in [2.05, 4.69) is 25.1 Å². The second-order valence-electron chi connectivity index (χ2n) is 11.3. The van der Waals surface area contributed by atoms with E-state index < -0.39 is 11.6 Å². The normalized spacial score (nSPS) is 19.2. The second-order valence-corrected chi connectivity index (χ2v) is 11.3. The first-order chi connectivity index (χ1) is 20.3. The van der Waals surface area contributed by atoms with E-state index in [1.54, 1.807) is 0 Å². The summed E-state index contributed by atoms with van der Waals surface area (Å²) in [7, 11) is 1.91. The van der Waals surface area contributed by atoms with Gasteiger partial charge < -0.3 is 19.9 Å². The lowest BCUT2D eigenvalue weighted by Crippen LogP contribution is -2.37. The number of carbonyl (C=O) groups is 2. The minimum Gasteiger partial charge on any atom is -0.476 e. The van der Waals surface area contributed by atoms with E-state index in [4.69, 9.17) is 9.72 Å². The molecule has 9 nitrogen and oxygen atoms in total. The van der Waals surface area contributed by atoms with Crippen molar-refractivity contribution in [3.63, 3.8) is 0 Å². The number of benzene rings is 1. The number of imidazole rings is 1. The van der Waals surface area contributed by atoms with Gasteiger partial charge in [-0.3, -0.25) is 14.5 Å². The van der Waals surface area contributed by atoms with E-state index in [-0.39, 0.29) is 23.4 Å². The van der Waals surface area contributed by atoms with Gasteiger partial charge in [0.1, 0.15) is 23.8 Å². The van der Waals surface area contributed by atoms with Gasteiger partial charge in [0, 0.05) is 43.7 Å². The van der Waals surface area contributed by atoms with Crippen molar-refractivity contribution in [3.8, 4) is 5.88 Å². The molecule has 0 unspecified atom stereocenters. The number of likely N-dealkylation sites (tertiary alicyclic amines) is 1. The number of hydrogen-bond acceptors (Lipinski definition) is 7. The van der Waals surface area contributed by atoms with Crippen molar-refractivity contribution in [1.29, 1.82) is 0 Å². The van der Waals surface area contributed by atoms with Crippen LogP contribution in [0.2, 0.25) is 0 Å². The Bertz CT molecular complexity index is 1330. The first-order valence-electron chi connectivity index (χ1n) is 14.9. The molecule has 42 heavy (non-hydrogen) atoms. The molecule has 11 heteroatoms. The topological polar surface area (TPSA) is 101 Å². The molecule has 0 radical (unpaired) electrons. The summed E-state index contributed by atoms with van der Waals surface area (Å²) in [6.45, 7) is 7.98. The van der Waals surface area contributed by atoms with Gasteiger partial charge in [-0.25, -0.2) is 18.7 Å². The minimum atomic E-state index is -0.824. The van der Waals surface area contributed by atoms with Crippen molar-refractivity contribution in [2.75, 3.05) is 38.6 Å². The molecule has 5 rings (SSSR count). The van der Waals surface area contributed by atoms with E-state index in [1.165, 1.54) is 32.4 Å². The van der Waals surface area contributed by atoms with Gasteiger partial charge in [0.05, 0.1) is 17.3 Å². The zero-order valence-corrected chi connectivity index (χ0v) is 24.7. The first kappa shape index (κ1) is 31.3. The molecule has 0 bridgehead atoms. The summed E-state index contributed by atoms with van der Waals surface area (Å²) in [5.74, 6) is 0.303. The van der Waals surface area contributed by atoms with Crippen molar-refractivity contribution in [3.05, 3.63) is 47.7 Å². The maximum absolute atomic E-state index is 12.4. The predicted molar refractivity (Wildman–Crippen MR) is 159 cm³/mol. The van der Waals surface area contributed by atoms with Gasteiger partial charge in [-0.15, -0.1) is 0 Å². The van der Waals surface area contributed by atoms with Crippen molar-refractivity contribution in [2.45, 2.75) is 70.9 Å². The number of nitrogens with one attached hydrogen (secondary N) is 2. The number of amides is 1. The standard InChI is InChI=1S/C24H38N6O2.C7H4F2O/c1-17(2)27-23(31)18-7-9-19(10-8-18)30-21-15-22(26-16-20(21)28-24(30)25-3)32-14-13-29-11-5-4-6-12-29;8-6-2-1-5(4-10)7(9)3-6/h15-19H,4-14H2,1-3H3,(H,25,28)(H,27,31);1-4H. The Morgan fingerprint density at radius 3 is 2.50 bits per heavy atom. The summed E-state index contributed by atoms with van der Waals surface area (Å²) in [6, 6.07) is 5.33. The van der Waals surface area contributed by atoms with Crippen LogP contribution in [0, 0.1) is 17.6 Å². The number of fused-ring (bicyclic) bond motifs is 1. The number of anilines is 1. The molecular weight excluding hydrogens is 542 g/mol. The van der Waals surface area contributed by atoms with Crippen LogP contribution in [0.5, 0.6) is 5.88 Å². The van der Waals surface area contributed by atoms with Crippen LogP contribution in [-0.2, 0) is 4.79 Å². The number of carbonyl (C=O) groups excluding carboxylic acids is 2. The number of rotatable bonds is 9. The van der Waals surface area contributed by atoms with Crippen LogP contribution < -0.4 is 15.4 Å². The van der Waals surface area contributed by atoms with Crippen molar-refractivity contribution >= 4 is 29.2 Å². The van der Waals surface area contributed by atoms with Gasteiger partial charge in [-0.05, 0) is 77.6 Å². The molecule has 2 N–H and O–H groups in total. The molecule has 0 spiro atoms. The van der Waals surface area contributed by atoms with Gasteiger partial charge in [0.2, 0.25) is 17.7 Å². The van der Waals surface area contributed by atoms with Crippen molar-refractivity contribution in [2.24, 2.45) is 5.92 Å². The van der Waals surface area contributed by atoms with Crippen LogP contribution in [0.25, 0.3) is 11.0 Å². The number of pyridine rings is 1. The van der Waals surface area contributed by atoms with E-state index in [0.717, 1.165) is 61.3 Å². The summed E-state index contributed by atoms with van der Waals surface area (Å²) in [4.78, 5) is 34.1. The Labute approximate surface area is 246 Å². The van der Waals surface area contributed by atoms with E-state index in [0.29, 0.717) is 30.9 Å². The van der Waals surface area contributed by atoms with E-state index >= 15 is 0 Å². The zero-order valence-electron chi connectivity index (χ0n) is 24.7. The smallest absolute Gasteiger partial charge is 0.223 e. The highest BCUT2D eigenvalue weighted by Gasteiger charge is 2.29. The lowest BCUT2D eigenvalue weighted by Gasteiger charge is -2.30. The molecule has 3 heterocycles. The maximum Gasteiger partial charge on any atom is 0.223 e. The molecule has 2 aromatic heterocycles. The molecule has 2 fully saturated rings.